The first kappa shape index (κ1) is 12.4. The van der Waals surface area contributed by atoms with Gasteiger partial charge in [-0.15, -0.1) is 0 Å². The molecule has 0 unspecified atom stereocenters. The number of oxazole rings is 1. The Kier molecular flexibility index (Phi) is 3.16. The fraction of sp³-hybridized carbons (Fsp3) is 0.636. The summed E-state index contributed by atoms with van der Waals surface area (Å²) in [5.74, 6) is 1.03. The number of amides is 1. The van der Waals surface area contributed by atoms with E-state index < -0.39 is 5.60 Å². The second kappa shape index (κ2) is 4.33. The van der Waals surface area contributed by atoms with E-state index in [0.29, 0.717) is 17.9 Å². The van der Waals surface area contributed by atoms with E-state index in [1.807, 2.05) is 20.8 Å². The van der Waals surface area contributed by atoms with Crippen LogP contribution in [0, 0.1) is 0 Å². The van der Waals surface area contributed by atoms with E-state index in [1.165, 1.54) is 0 Å². The molecule has 0 bridgehead atoms. The van der Waals surface area contributed by atoms with Gasteiger partial charge in [0.2, 0.25) is 0 Å². The van der Waals surface area contributed by atoms with Gasteiger partial charge in [-0.1, -0.05) is 0 Å². The highest BCUT2D eigenvalue weighted by atomic mass is 79.9. The van der Waals surface area contributed by atoms with Crippen molar-refractivity contribution in [2.24, 2.45) is 0 Å². The minimum Gasteiger partial charge on any atom is -0.444 e. The molecule has 0 radical (unpaired) electrons. The molecule has 6 heteroatoms. The number of hydrogen-bond donors (Lipinski definition) is 0. The summed E-state index contributed by atoms with van der Waals surface area (Å²) in [5, 5.41) is 0. The number of hydrogen-bond acceptors (Lipinski definition) is 4. The average molecular weight is 303 g/mol. The van der Waals surface area contributed by atoms with Crippen LogP contribution in [-0.4, -0.2) is 34.7 Å². The molecule has 2 heterocycles. The Labute approximate surface area is 108 Å². The van der Waals surface area contributed by atoms with Gasteiger partial charge in [-0.2, -0.15) is 0 Å². The van der Waals surface area contributed by atoms with Crippen LogP contribution in [0.2, 0.25) is 0 Å². The highest BCUT2D eigenvalue weighted by Crippen LogP contribution is 2.29. The predicted octanol–water partition coefficient (Wildman–Crippen LogP) is 2.77. The number of ether oxygens (including phenoxy) is 1. The zero-order chi connectivity index (χ0) is 12.6. The number of aromatic nitrogens is 1. The molecule has 1 aliphatic heterocycles. The van der Waals surface area contributed by atoms with E-state index in [1.54, 1.807) is 11.1 Å². The normalized spacial score (nSPS) is 16.8. The van der Waals surface area contributed by atoms with Crippen LogP contribution in [0.25, 0.3) is 0 Å². The van der Waals surface area contributed by atoms with Gasteiger partial charge in [0.1, 0.15) is 11.4 Å². The molecule has 1 aromatic heterocycles. The van der Waals surface area contributed by atoms with E-state index in [4.69, 9.17) is 9.15 Å². The van der Waals surface area contributed by atoms with Crippen molar-refractivity contribution >= 4 is 22.0 Å². The molecule has 0 aliphatic carbocycles. The van der Waals surface area contributed by atoms with Crippen LogP contribution in [0.5, 0.6) is 0 Å². The quantitative estimate of drug-likeness (QED) is 0.800. The lowest BCUT2D eigenvalue weighted by Crippen LogP contribution is -2.50. The fourth-order valence-corrected chi connectivity index (χ4v) is 1.88. The maximum Gasteiger partial charge on any atom is 0.410 e. The van der Waals surface area contributed by atoms with Crippen LogP contribution in [0.3, 0.4) is 0 Å². The van der Waals surface area contributed by atoms with Gasteiger partial charge in [-0.3, -0.25) is 0 Å². The molecular formula is C11H15BrN2O3. The van der Waals surface area contributed by atoms with Crippen molar-refractivity contribution in [3.05, 3.63) is 16.8 Å². The summed E-state index contributed by atoms with van der Waals surface area (Å²) in [4.78, 5) is 17.8. The van der Waals surface area contributed by atoms with Crippen LogP contribution in [0.15, 0.2) is 15.4 Å². The molecule has 1 saturated heterocycles. The lowest BCUT2D eigenvalue weighted by molar-refractivity contribution is 0.00646. The molecule has 94 valence electrons. The Hall–Kier alpha value is -1.04. The number of carbonyl (C=O) groups excluding carboxylic acids is 1. The van der Waals surface area contributed by atoms with Gasteiger partial charge in [0, 0.05) is 29.0 Å². The van der Waals surface area contributed by atoms with E-state index in [0.717, 1.165) is 5.76 Å². The molecule has 5 nitrogen and oxygen atoms in total. The van der Waals surface area contributed by atoms with Crippen LogP contribution in [-0.2, 0) is 4.74 Å². The molecule has 0 spiro atoms. The summed E-state index contributed by atoms with van der Waals surface area (Å²) in [6.45, 7) is 6.81. The highest BCUT2D eigenvalue weighted by Gasteiger charge is 2.36. The summed E-state index contributed by atoms with van der Waals surface area (Å²) in [7, 11) is 0. The number of halogens is 1. The summed E-state index contributed by atoms with van der Waals surface area (Å²) in [6, 6.07) is 0. The molecule has 1 fully saturated rings. The number of nitrogens with zero attached hydrogens (tertiary/aromatic N) is 2. The van der Waals surface area contributed by atoms with Crippen LogP contribution >= 0.6 is 15.9 Å². The van der Waals surface area contributed by atoms with Gasteiger partial charge in [0.15, 0.2) is 0 Å². The van der Waals surface area contributed by atoms with Crippen molar-refractivity contribution in [1.82, 2.24) is 9.88 Å². The molecule has 0 aromatic carbocycles. The topological polar surface area (TPSA) is 55.6 Å². The predicted molar refractivity (Wildman–Crippen MR) is 64.8 cm³/mol. The van der Waals surface area contributed by atoms with Gasteiger partial charge in [-0.25, -0.2) is 9.78 Å². The number of likely N-dealkylation sites (tertiary alicyclic amines) is 1. The first-order chi connectivity index (χ1) is 7.85. The molecular weight excluding hydrogens is 288 g/mol. The number of carbonyl (C=O) groups is 1. The second-order valence-electron chi connectivity index (χ2n) is 5.10. The van der Waals surface area contributed by atoms with Gasteiger partial charge in [0.25, 0.3) is 4.80 Å². The first-order valence-electron chi connectivity index (χ1n) is 5.44. The molecule has 1 aliphatic rings. The summed E-state index contributed by atoms with van der Waals surface area (Å²) in [6.07, 6.45) is 1.41. The SMILES string of the molecule is CC(C)(C)OC(=O)N1CC(c2cnc(Br)o2)C1. The lowest BCUT2D eigenvalue weighted by Gasteiger charge is -2.38. The Balaban J connectivity index is 1.85. The van der Waals surface area contributed by atoms with Gasteiger partial charge < -0.3 is 14.1 Å². The molecule has 17 heavy (non-hydrogen) atoms. The smallest absolute Gasteiger partial charge is 0.410 e. The van der Waals surface area contributed by atoms with Crippen molar-refractivity contribution in [1.29, 1.82) is 0 Å². The Bertz CT molecular complexity index is 419. The molecule has 0 N–H and O–H groups in total. The van der Waals surface area contributed by atoms with Gasteiger partial charge in [-0.05, 0) is 20.8 Å². The third-order valence-electron chi connectivity index (χ3n) is 2.43. The van der Waals surface area contributed by atoms with Crippen molar-refractivity contribution in [3.8, 4) is 0 Å². The minimum atomic E-state index is -0.447. The van der Waals surface area contributed by atoms with E-state index in [-0.39, 0.29) is 12.0 Å². The average Bonchev–Trinajstić information content (AvgIpc) is 2.45. The monoisotopic (exact) mass is 302 g/mol. The molecule has 2 rings (SSSR count). The third kappa shape index (κ3) is 3.00. The lowest BCUT2D eigenvalue weighted by atomic mass is 9.99. The molecule has 0 saturated carbocycles. The van der Waals surface area contributed by atoms with Crippen LogP contribution in [0.4, 0.5) is 4.79 Å². The van der Waals surface area contributed by atoms with Crippen molar-refractivity contribution < 1.29 is 13.9 Å². The van der Waals surface area contributed by atoms with E-state index in [2.05, 4.69) is 20.9 Å². The Morgan fingerprint density at radius 1 is 1.59 bits per heavy atom. The Morgan fingerprint density at radius 2 is 2.24 bits per heavy atom. The van der Waals surface area contributed by atoms with Crippen molar-refractivity contribution in [2.45, 2.75) is 32.3 Å². The maximum absolute atomic E-state index is 11.7. The molecule has 0 atom stereocenters. The highest BCUT2D eigenvalue weighted by molar-refractivity contribution is 9.10. The van der Waals surface area contributed by atoms with Gasteiger partial charge in [0.05, 0.1) is 12.1 Å². The Morgan fingerprint density at radius 3 is 2.71 bits per heavy atom. The van der Waals surface area contributed by atoms with Crippen molar-refractivity contribution in [3.63, 3.8) is 0 Å². The van der Waals surface area contributed by atoms with Crippen LogP contribution < -0.4 is 0 Å². The zero-order valence-electron chi connectivity index (χ0n) is 10.1. The fourth-order valence-electron chi connectivity index (χ4n) is 1.59. The minimum absolute atomic E-state index is 0.223. The molecule has 1 amide bonds. The van der Waals surface area contributed by atoms with Crippen LogP contribution in [0.1, 0.15) is 32.4 Å². The standard InChI is InChI=1S/C11H15BrN2O3/c1-11(2,3)17-10(15)14-5-7(6-14)8-4-13-9(12)16-8/h4,7H,5-6H2,1-3H3. The largest absolute Gasteiger partial charge is 0.444 e. The van der Waals surface area contributed by atoms with E-state index in [9.17, 15) is 4.79 Å². The van der Waals surface area contributed by atoms with Crippen molar-refractivity contribution in [2.75, 3.05) is 13.1 Å². The third-order valence-corrected chi connectivity index (χ3v) is 2.80. The second-order valence-corrected chi connectivity index (χ2v) is 5.78. The summed E-state index contributed by atoms with van der Waals surface area (Å²) in [5.41, 5.74) is -0.447. The molecule has 1 aromatic rings. The first-order valence-corrected chi connectivity index (χ1v) is 6.23. The summed E-state index contributed by atoms with van der Waals surface area (Å²) >= 11 is 3.15. The van der Waals surface area contributed by atoms with Gasteiger partial charge >= 0.3 is 6.09 Å². The van der Waals surface area contributed by atoms with E-state index >= 15 is 0 Å². The maximum atomic E-state index is 11.7. The summed E-state index contributed by atoms with van der Waals surface area (Å²) < 4.78 is 10.6. The zero-order valence-corrected chi connectivity index (χ0v) is 11.7. The number of rotatable bonds is 1.